The molecule has 1 aliphatic rings. The van der Waals surface area contributed by atoms with Crippen molar-refractivity contribution in [2.24, 2.45) is 0 Å². The zero-order valence-corrected chi connectivity index (χ0v) is 19.2. The molecule has 3 rings (SSSR count). The zero-order chi connectivity index (χ0) is 22.5. The van der Waals surface area contributed by atoms with Crippen molar-refractivity contribution in [2.75, 3.05) is 30.5 Å². The van der Waals surface area contributed by atoms with Crippen LogP contribution in [0, 0.1) is 0 Å². The maximum atomic E-state index is 13.0. The summed E-state index contributed by atoms with van der Waals surface area (Å²) in [6.45, 7) is 3.65. The van der Waals surface area contributed by atoms with Crippen molar-refractivity contribution in [2.45, 2.75) is 50.7 Å². The lowest BCUT2D eigenvalue weighted by molar-refractivity contribution is -0.139. The van der Waals surface area contributed by atoms with Crippen molar-refractivity contribution in [1.29, 1.82) is 0 Å². The molecule has 0 aliphatic heterocycles. The summed E-state index contributed by atoms with van der Waals surface area (Å²) < 4.78 is 11.3. The van der Waals surface area contributed by atoms with Crippen LogP contribution in [0.25, 0.3) is 0 Å². The number of amides is 1. The third-order valence-electron chi connectivity index (χ3n) is 4.88. The molecule has 0 radical (unpaired) electrons. The topological polar surface area (TPSA) is 138 Å². The van der Waals surface area contributed by atoms with Gasteiger partial charge in [-0.1, -0.05) is 11.8 Å². The van der Waals surface area contributed by atoms with Crippen LogP contribution >= 0.6 is 23.1 Å². The first-order valence-electron chi connectivity index (χ1n) is 9.89. The van der Waals surface area contributed by atoms with Gasteiger partial charge in [0, 0.05) is 4.88 Å². The molecule has 31 heavy (non-hydrogen) atoms. The number of nitrogens with zero attached hydrogens (tertiary/aromatic N) is 3. The normalized spacial score (nSPS) is 13.9. The maximum absolute atomic E-state index is 13.0. The van der Waals surface area contributed by atoms with Gasteiger partial charge in [0.25, 0.3) is 0 Å². The number of methoxy groups -OCH3 is 1. The van der Waals surface area contributed by atoms with E-state index >= 15 is 0 Å². The summed E-state index contributed by atoms with van der Waals surface area (Å²) in [5.41, 5.74) is 7.31. The summed E-state index contributed by atoms with van der Waals surface area (Å²) in [5.74, 6) is -1.17. The quantitative estimate of drug-likeness (QED) is 0.443. The summed E-state index contributed by atoms with van der Waals surface area (Å²) in [6.07, 6.45) is 3.71. The van der Waals surface area contributed by atoms with E-state index < -0.39 is 18.0 Å². The number of nitrogens with one attached hydrogen (secondary N) is 1. The molecule has 3 N–H and O–H groups in total. The molecule has 0 aromatic carbocycles. The zero-order valence-electron chi connectivity index (χ0n) is 17.6. The highest BCUT2D eigenvalue weighted by atomic mass is 32.2. The molecule has 2 aromatic rings. The van der Waals surface area contributed by atoms with E-state index in [9.17, 15) is 14.4 Å². The fourth-order valence-corrected chi connectivity index (χ4v) is 5.48. The third-order valence-corrected chi connectivity index (χ3v) is 7.00. The fraction of sp³-hybridized carbons (Fsp3) is 0.526. The predicted octanol–water partition coefficient (Wildman–Crippen LogP) is 2.44. The first kappa shape index (κ1) is 23.1. The molecule has 10 nitrogen and oxygen atoms in total. The van der Waals surface area contributed by atoms with E-state index in [-0.39, 0.29) is 24.2 Å². The second-order valence-electron chi connectivity index (χ2n) is 6.88. The summed E-state index contributed by atoms with van der Waals surface area (Å²) >= 11 is 2.49. The van der Waals surface area contributed by atoms with E-state index in [2.05, 4.69) is 15.5 Å². The molecular weight excluding hydrogens is 442 g/mol. The molecule has 0 fully saturated rings. The van der Waals surface area contributed by atoms with Gasteiger partial charge in [0.05, 0.1) is 25.0 Å². The Morgan fingerprint density at radius 3 is 2.74 bits per heavy atom. The third kappa shape index (κ3) is 5.01. The van der Waals surface area contributed by atoms with E-state index in [0.29, 0.717) is 15.7 Å². The first-order valence-corrected chi connectivity index (χ1v) is 11.7. The SMILES string of the molecule is CCOC(=O)CSc1nnc(N)n1C(C)C(=O)Nc1sc2c(c1C(=O)OC)CCCC2. The number of thioether (sulfide) groups is 1. The lowest BCUT2D eigenvalue weighted by Crippen LogP contribution is -2.26. The number of anilines is 2. The van der Waals surface area contributed by atoms with E-state index in [0.717, 1.165) is 47.9 Å². The smallest absolute Gasteiger partial charge is 0.341 e. The number of carbonyl (C=O) groups excluding carboxylic acids is 3. The second-order valence-corrected chi connectivity index (χ2v) is 8.92. The van der Waals surface area contributed by atoms with Crippen molar-refractivity contribution in [3.05, 3.63) is 16.0 Å². The van der Waals surface area contributed by atoms with Crippen molar-refractivity contribution in [3.8, 4) is 0 Å². The van der Waals surface area contributed by atoms with Gasteiger partial charge in [0.15, 0.2) is 5.16 Å². The van der Waals surface area contributed by atoms with Crippen LogP contribution in [0.1, 0.15) is 53.5 Å². The molecule has 168 valence electrons. The van der Waals surface area contributed by atoms with E-state index in [1.54, 1.807) is 13.8 Å². The van der Waals surface area contributed by atoms with Gasteiger partial charge < -0.3 is 20.5 Å². The Hall–Kier alpha value is -2.60. The van der Waals surface area contributed by atoms with E-state index in [1.165, 1.54) is 23.0 Å². The highest BCUT2D eigenvalue weighted by molar-refractivity contribution is 7.99. The fourth-order valence-electron chi connectivity index (χ4n) is 3.38. The number of rotatable bonds is 8. The van der Waals surface area contributed by atoms with Gasteiger partial charge in [-0.3, -0.25) is 14.2 Å². The molecule has 0 bridgehead atoms. The molecule has 1 atom stereocenters. The van der Waals surface area contributed by atoms with Crippen molar-refractivity contribution in [3.63, 3.8) is 0 Å². The number of fused-ring (bicyclic) bond motifs is 1. The van der Waals surface area contributed by atoms with Crippen LogP contribution < -0.4 is 11.1 Å². The molecule has 1 aliphatic carbocycles. The van der Waals surface area contributed by atoms with E-state index in [4.69, 9.17) is 15.2 Å². The Bertz CT molecular complexity index is 987. The Morgan fingerprint density at radius 1 is 1.29 bits per heavy atom. The summed E-state index contributed by atoms with van der Waals surface area (Å²) in [7, 11) is 1.33. The number of hydrogen-bond donors (Lipinski definition) is 2. The van der Waals surface area contributed by atoms with Crippen molar-refractivity contribution < 1.29 is 23.9 Å². The lowest BCUT2D eigenvalue weighted by atomic mass is 9.95. The van der Waals surface area contributed by atoms with E-state index in [1.807, 2.05) is 0 Å². The number of carbonyl (C=O) groups is 3. The van der Waals surface area contributed by atoms with Gasteiger partial charge in [-0.2, -0.15) is 0 Å². The monoisotopic (exact) mass is 467 g/mol. The van der Waals surface area contributed by atoms with Crippen LogP contribution in [-0.2, 0) is 31.9 Å². The highest BCUT2D eigenvalue weighted by Crippen LogP contribution is 2.39. The molecule has 1 unspecified atom stereocenters. The Labute approximate surface area is 187 Å². The van der Waals surface area contributed by atoms with Crippen molar-refractivity contribution >= 4 is 51.9 Å². The van der Waals surface area contributed by atoms with Gasteiger partial charge in [-0.15, -0.1) is 21.5 Å². The average Bonchev–Trinajstić information content (AvgIpc) is 3.31. The number of esters is 2. The minimum atomic E-state index is -0.774. The highest BCUT2D eigenvalue weighted by Gasteiger charge is 2.29. The van der Waals surface area contributed by atoms with Crippen LogP contribution in [0.15, 0.2) is 5.16 Å². The van der Waals surface area contributed by atoms with Crippen LogP contribution in [0.2, 0.25) is 0 Å². The molecule has 2 heterocycles. The molecule has 0 spiro atoms. The van der Waals surface area contributed by atoms with Crippen molar-refractivity contribution in [1.82, 2.24) is 14.8 Å². The molecule has 12 heteroatoms. The second kappa shape index (κ2) is 10.1. The molecular formula is C19H25N5O5S2. The van der Waals surface area contributed by atoms with Gasteiger partial charge in [0.2, 0.25) is 11.9 Å². The first-order chi connectivity index (χ1) is 14.9. The number of aromatic nitrogens is 3. The number of nitrogens with two attached hydrogens (primary N) is 1. The van der Waals surface area contributed by atoms with Gasteiger partial charge >= 0.3 is 11.9 Å². The average molecular weight is 468 g/mol. The minimum absolute atomic E-state index is 0.0183. The summed E-state index contributed by atoms with van der Waals surface area (Å²) in [5, 5.41) is 11.4. The number of thiophene rings is 1. The lowest BCUT2D eigenvalue weighted by Gasteiger charge is -2.16. The van der Waals surface area contributed by atoms with Crippen LogP contribution in [0.5, 0.6) is 0 Å². The Morgan fingerprint density at radius 2 is 2.03 bits per heavy atom. The number of nitrogen functional groups attached to an aromatic ring is 1. The molecule has 0 saturated carbocycles. The van der Waals surface area contributed by atoms with Gasteiger partial charge in [0.1, 0.15) is 11.0 Å². The largest absolute Gasteiger partial charge is 0.465 e. The standard InChI is InChI=1S/C19H25N5O5S2/c1-4-29-13(25)9-30-19-23-22-18(20)24(19)10(2)15(26)21-16-14(17(27)28-3)11-7-5-6-8-12(11)31-16/h10H,4-9H2,1-3H3,(H2,20,22)(H,21,26). The molecule has 1 amide bonds. The number of aryl methyl sites for hydroxylation is 1. The minimum Gasteiger partial charge on any atom is -0.465 e. The Balaban J connectivity index is 1.81. The predicted molar refractivity (Wildman–Crippen MR) is 117 cm³/mol. The molecule has 0 saturated heterocycles. The van der Waals surface area contributed by atoms with Crippen LogP contribution in [0.3, 0.4) is 0 Å². The molecule has 2 aromatic heterocycles. The summed E-state index contributed by atoms with van der Waals surface area (Å²) in [4.78, 5) is 38.2. The number of hydrogen-bond acceptors (Lipinski definition) is 10. The Kier molecular flexibility index (Phi) is 7.55. The van der Waals surface area contributed by atoms with Gasteiger partial charge in [-0.05, 0) is 45.1 Å². The maximum Gasteiger partial charge on any atom is 0.341 e. The summed E-state index contributed by atoms with van der Waals surface area (Å²) in [6, 6.07) is -0.774. The van der Waals surface area contributed by atoms with Crippen LogP contribution in [-0.4, -0.2) is 52.1 Å². The van der Waals surface area contributed by atoms with Gasteiger partial charge in [-0.25, -0.2) is 4.79 Å². The van der Waals surface area contributed by atoms with Crippen LogP contribution in [0.4, 0.5) is 10.9 Å². The number of ether oxygens (including phenoxy) is 2.